The largest absolute Gasteiger partial charge is 0.348 e. The number of nitrogens with zero attached hydrogens (tertiary/aromatic N) is 2. The summed E-state index contributed by atoms with van der Waals surface area (Å²) in [6, 6.07) is 0. The van der Waals surface area contributed by atoms with E-state index in [2.05, 4.69) is 29.1 Å². The minimum atomic E-state index is 0.503. The molecule has 0 saturated carbocycles. The lowest BCUT2D eigenvalue weighted by Gasteiger charge is -2.36. The number of thiazole rings is 1. The van der Waals surface area contributed by atoms with Crippen LogP contribution in [0.25, 0.3) is 0 Å². The molecule has 0 atom stereocenters. The summed E-state index contributed by atoms with van der Waals surface area (Å²) in [4.78, 5) is 6.89. The van der Waals surface area contributed by atoms with E-state index in [0.29, 0.717) is 11.3 Å². The first-order chi connectivity index (χ1) is 7.11. The van der Waals surface area contributed by atoms with Crippen LogP contribution in [-0.2, 0) is 5.88 Å². The van der Waals surface area contributed by atoms with E-state index in [1.165, 1.54) is 12.8 Å². The molecule has 84 valence electrons. The predicted octanol–water partition coefficient (Wildman–Crippen LogP) is 3.51. The molecule has 1 saturated heterocycles. The fraction of sp³-hybridized carbons (Fsp3) is 0.727. The number of aromatic nitrogens is 1. The van der Waals surface area contributed by atoms with Crippen LogP contribution >= 0.6 is 22.9 Å². The van der Waals surface area contributed by atoms with Crippen molar-refractivity contribution < 1.29 is 0 Å². The summed E-state index contributed by atoms with van der Waals surface area (Å²) in [5.41, 5.74) is 1.50. The minimum absolute atomic E-state index is 0.503. The first kappa shape index (κ1) is 11.2. The van der Waals surface area contributed by atoms with E-state index in [9.17, 15) is 0 Å². The maximum Gasteiger partial charge on any atom is 0.185 e. The number of hydrogen-bond donors (Lipinski definition) is 0. The molecule has 0 bridgehead atoms. The maximum absolute atomic E-state index is 5.75. The van der Waals surface area contributed by atoms with Crippen molar-refractivity contribution in [1.82, 2.24) is 4.98 Å². The Kier molecular flexibility index (Phi) is 3.21. The molecule has 15 heavy (non-hydrogen) atoms. The van der Waals surface area contributed by atoms with Gasteiger partial charge < -0.3 is 4.90 Å². The summed E-state index contributed by atoms with van der Waals surface area (Å²) in [6.45, 7) is 6.94. The summed E-state index contributed by atoms with van der Waals surface area (Å²) in [5.74, 6) is 0.524. The normalized spacial score (nSPS) is 20.6. The van der Waals surface area contributed by atoms with Gasteiger partial charge in [0.15, 0.2) is 5.13 Å². The third-order valence-corrected chi connectivity index (χ3v) is 4.29. The number of anilines is 1. The van der Waals surface area contributed by atoms with Crippen molar-refractivity contribution >= 4 is 28.1 Å². The Bertz CT molecular complexity index is 325. The van der Waals surface area contributed by atoms with Gasteiger partial charge in [-0.2, -0.15) is 0 Å². The lowest BCUT2D eigenvalue weighted by Crippen LogP contribution is -2.37. The second-order valence-corrected chi connectivity index (χ2v) is 6.01. The molecule has 1 fully saturated rings. The summed E-state index contributed by atoms with van der Waals surface area (Å²) in [7, 11) is 0. The van der Waals surface area contributed by atoms with E-state index in [1.807, 2.05) is 0 Å². The molecule has 0 radical (unpaired) electrons. The lowest BCUT2D eigenvalue weighted by atomic mass is 9.83. The van der Waals surface area contributed by atoms with E-state index >= 15 is 0 Å². The van der Waals surface area contributed by atoms with Crippen molar-refractivity contribution in [2.75, 3.05) is 18.0 Å². The average molecular weight is 245 g/mol. The van der Waals surface area contributed by atoms with Crippen molar-refractivity contribution in [3.05, 3.63) is 11.1 Å². The molecule has 1 aromatic rings. The zero-order chi connectivity index (χ0) is 10.9. The first-order valence-electron chi connectivity index (χ1n) is 5.36. The number of alkyl halides is 1. The molecule has 2 heterocycles. The first-order valence-corrected chi connectivity index (χ1v) is 6.77. The van der Waals surface area contributed by atoms with E-state index in [0.717, 1.165) is 23.9 Å². The molecule has 0 aliphatic carbocycles. The van der Waals surface area contributed by atoms with Crippen LogP contribution in [0.2, 0.25) is 0 Å². The van der Waals surface area contributed by atoms with Gasteiger partial charge in [0.1, 0.15) is 0 Å². The molecule has 1 aliphatic heterocycles. The average Bonchev–Trinajstić information content (AvgIpc) is 2.66. The zero-order valence-electron chi connectivity index (χ0n) is 9.29. The molecule has 2 nitrogen and oxygen atoms in total. The lowest BCUT2D eigenvalue weighted by molar-refractivity contribution is 0.279. The van der Waals surface area contributed by atoms with E-state index in [4.69, 9.17) is 11.6 Å². The highest BCUT2D eigenvalue weighted by molar-refractivity contribution is 7.13. The van der Waals surface area contributed by atoms with Crippen LogP contribution in [0.1, 0.15) is 32.4 Å². The summed E-state index contributed by atoms with van der Waals surface area (Å²) >= 11 is 7.46. The van der Waals surface area contributed by atoms with Crippen LogP contribution in [0.4, 0.5) is 5.13 Å². The predicted molar refractivity (Wildman–Crippen MR) is 66.9 cm³/mol. The van der Waals surface area contributed by atoms with Gasteiger partial charge in [-0.25, -0.2) is 4.98 Å². The molecule has 0 spiro atoms. The molecule has 0 N–H and O–H groups in total. The molecule has 1 aliphatic rings. The fourth-order valence-electron chi connectivity index (χ4n) is 1.81. The molecule has 0 aromatic carbocycles. The van der Waals surface area contributed by atoms with Crippen LogP contribution < -0.4 is 4.90 Å². The Morgan fingerprint density at radius 3 is 2.67 bits per heavy atom. The fourth-order valence-corrected chi connectivity index (χ4v) is 2.91. The smallest absolute Gasteiger partial charge is 0.185 e. The molecule has 0 amide bonds. The molecule has 1 aromatic heterocycles. The van der Waals surface area contributed by atoms with Crippen molar-refractivity contribution in [3.8, 4) is 0 Å². The van der Waals surface area contributed by atoms with Gasteiger partial charge in [-0.3, -0.25) is 0 Å². The molecule has 2 rings (SSSR count). The summed E-state index contributed by atoms with van der Waals surface area (Å²) in [5, 5.41) is 3.20. The van der Waals surface area contributed by atoms with Gasteiger partial charge in [0, 0.05) is 18.5 Å². The Labute approximate surface area is 100 Å². The number of hydrogen-bond acceptors (Lipinski definition) is 3. The van der Waals surface area contributed by atoms with Gasteiger partial charge in [0.05, 0.1) is 11.6 Å². The SMILES string of the molecule is CC1(C)CCN(c2nc(CCl)cs2)CC1. The number of piperidine rings is 1. The quantitative estimate of drug-likeness (QED) is 0.741. The van der Waals surface area contributed by atoms with Crippen LogP contribution in [0.15, 0.2) is 5.38 Å². The van der Waals surface area contributed by atoms with Crippen LogP contribution in [0, 0.1) is 5.41 Å². The third kappa shape index (κ3) is 2.64. The van der Waals surface area contributed by atoms with Crippen molar-refractivity contribution in [3.63, 3.8) is 0 Å². The van der Waals surface area contributed by atoms with Gasteiger partial charge >= 0.3 is 0 Å². The second-order valence-electron chi connectivity index (χ2n) is 4.91. The minimum Gasteiger partial charge on any atom is -0.348 e. The molecule has 4 heteroatoms. The monoisotopic (exact) mass is 244 g/mol. The molecular weight excluding hydrogens is 228 g/mol. The molecule has 0 unspecified atom stereocenters. The zero-order valence-corrected chi connectivity index (χ0v) is 10.9. The second kappa shape index (κ2) is 4.30. The van der Waals surface area contributed by atoms with Gasteiger partial charge in [-0.15, -0.1) is 22.9 Å². The van der Waals surface area contributed by atoms with Crippen molar-refractivity contribution in [1.29, 1.82) is 0 Å². The topological polar surface area (TPSA) is 16.1 Å². The highest BCUT2D eigenvalue weighted by atomic mass is 35.5. The highest BCUT2D eigenvalue weighted by Crippen LogP contribution is 2.33. The Hall–Kier alpha value is -0.280. The van der Waals surface area contributed by atoms with Gasteiger partial charge in [0.25, 0.3) is 0 Å². The Balaban J connectivity index is 2.01. The number of rotatable bonds is 2. The highest BCUT2D eigenvalue weighted by Gasteiger charge is 2.26. The van der Waals surface area contributed by atoms with Gasteiger partial charge in [-0.05, 0) is 18.3 Å². The van der Waals surface area contributed by atoms with Crippen LogP contribution in [0.5, 0.6) is 0 Å². The summed E-state index contributed by atoms with van der Waals surface area (Å²) < 4.78 is 0. The van der Waals surface area contributed by atoms with Crippen molar-refractivity contribution in [2.24, 2.45) is 5.41 Å². The van der Waals surface area contributed by atoms with Gasteiger partial charge in [-0.1, -0.05) is 13.8 Å². The van der Waals surface area contributed by atoms with Crippen LogP contribution in [0.3, 0.4) is 0 Å². The van der Waals surface area contributed by atoms with E-state index in [-0.39, 0.29) is 0 Å². The van der Waals surface area contributed by atoms with Crippen molar-refractivity contribution in [2.45, 2.75) is 32.6 Å². The Morgan fingerprint density at radius 1 is 1.47 bits per heavy atom. The van der Waals surface area contributed by atoms with E-state index < -0.39 is 0 Å². The maximum atomic E-state index is 5.75. The Morgan fingerprint density at radius 2 is 2.13 bits per heavy atom. The standard InChI is InChI=1S/C11H17ClN2S/c1-11(2)3-5-14(6-4-11)10-13-9(7-12)8-15-10/h8H,3-7H2,1-2H3. The van der Waals surface area contributed by atoms with Gasteiger partial charge in [0.2, 0.25) is 0 Å². The van der Waals surface area contributed by atoms with E-state index in [1.54, 1.807) is 11.3 Å². The third-order valence-electron chi connectivity index (χ3n) is 3.06. The van der Waals surface area contributed by atoms with Crippen LogP contribution in [-0.4, -0.2) is 18.1 Å². The summed E-state index contributed by atoms with van der Waals surface area (Å²) in [6.07, 6.45) is 2.51. The molecular formula is C11H17ClN2S. The number of halogens is 1.